The van der Waals surface area contributed by atoms with Crippen LogP contribution in [0.1, 0.15) is 33.4 Å². The van der Waals surface area contributed by atoms with E-state index in [-0.39, 0.29) is 18.4 Å². The molecular weight excluding hydrogens is 352 g/mol. The van der Waals surface area contributed by atoms with Gasteiger partial charge in [-0.15, -0.1) is 0 Å². The SMILES string of the molecule is [2H][C@@H](C)[C@H]1O[C@@H](n2cc(C)c(=O)[nH]c2=O)[C@H](OCC(=O)NCCN(C)C)[C@@H]1C. The van der Waals surface area contributed by atoms with E-state index >= 15 is 0 Å². The molecular formula is C18H30N4O5. The normalized spacial score (nSPS) is 26.8. The lowest BCUT2D eigenvalue weighted by atomic mass is 9.98. The Labute approximate surface area is 160 Å². The minimum absolute atomic E-state index is 0.182. The van der Waals surface area contributed by atoms with Crippen molar-refractivity contribution in [1.82, 2.24) is 19.8 Å². The van der Waals surface area contributed by atoms with Crippen LogP contribution in [0.4, 0.5) is 0 Å². The molecule has 152 valence electrons. The third-order valence-electron chi connectivity index (χ3n) is 4.65. The molecule has 1 aromatic rings. The van der Waals surface area contributed by atoms with E-state index in [2.05, 4.69) is 10.3 Å². The summed E-state index contributed by atoms with van der Waals surface area (Å²) < 4.78 is 21.0. The molecule has 0 saturated carbocycles. The molecule has 2 rings (SSSR count). The highest BCUT2D eigenvalue weighted by atomic mass is 16.6. The minimum atomic E-state index is -0.828. The molecule has 1 aliphatic heterocycles. The quantitative estimate of drug-likeness (QED) is 0.647. The van der Waals surface area contributed by atoms with Gasteiger partial charge in [0.2, 0.25) is 5.91 Å². The van der Waals surface area contributed by atoms with Crippen molar-refractivity contribution in [3.05, 3.63) is 32.6 Å². The van der Waals surface area contributed by atoms with Crippen molar-refractivity contribution in [2.24, 2.45) is 5.92 Å². The maximum atomic E-state index is 12.3. The summed E-state index contributed by atoms with van der Waals surface area (Å²) in [6.07, 6.45) is -1.03. The Morgan fingerprint density at radius 1 is 1.48 bits per heavy atom. The molecule has 0 unspecified atom stereocenters. The van der Waals surface area contributed by atoms with Gasteiger partial charge in [0.05, 0.1) is 6.10 Å². The second kappa shape index (κ2) is 9.29. The van der Waals surface area contributed by atoms with E-state index in [9.17, 15) is 14.4 Å². The summed E-state index contributed by atoms with van der Waals surface area (Å²) in [5, 5.41) is 2.77. The molecule has 0 bridgehead atoms. The van der Waals surface area contributed by atoms with Crippen molar-refractivity contribution in [2.75, 3.05) is 33.8 Å². The average Bonchev–Trinajstić information content (AvgIpc) is 2.92. The zero-order valence-corrected chi connectivity index (χ0v) is 16.5. The van der Waals surface area contributed by atoms with Crippen LogP contribution in [-0.4, -0.2) is 66.4 Å². The maximum absolute atomic E-state index is 12.3. The molecule has 1 fully saturated rings. The number of aromatic amines is 1. The van der Waals surface area contributed by atoms with E-state index in [0.29, 0.717) is 18.7 Å². The second-order valence-electron chi connectivity index (χ2n) is 7.09. The molecule has 1 saturated heterocycles. The highest BCUT2D eigenvalue weighted by Crippen LogP contribution is 2.36. The molecule has 2 N–H and O–H groups in total. The third-order valence-corrected chi connectivity index (χ3v) is 4.65. The molecule has 1 aromatic heterocycles. The van der Waals surface area contributed by atoms with E-state index in [1.54, 1.807) is 13.8 Å². The van der Waals surface area contributed by atoms with Gasteiger partial charge >= 0.3 is 5.69 Å². The Morgan fingerprint density at radius 3 is 2.81 bits per heavy atom. The lowest BCUT2D eigenvalue weighted by Crippen LogP contribution is -2.40. The van der Waals surface area contributed by atoms with Crippen molar-refractivity contribution in [3.8, 4) is 0 Å². The number of carbonyl (C=O) groups excluding carboxylic acids is 1. The van der Waals surface area contributed by atoms with Gasteiger partial charge in [-0.1, -0.05) is 13.8 Å². The zero-order valence-electron chi connectivity index (χ0n) is 17.5. The number of nitrogens with zero attached hydrogens (tertiary/aromatic N) is 2. The van der Waals surface area contributed by atoms with Crippen LogP contribution < -0.4 is 16.6 Å². The van der Waals surface area contributed by atoms with Crippen LogP contribution in [0.5, 0.6) is 0 Å². The summed E-state index contributed by atoms with van der Waals surface area (Å²) in [5.41, 5.74) is -0.719. The van der Waals surface area contributed by atoms with Gasteiger partial charge in [0.1, 0.15) is 12.7 Å². The number of aromatic nitrogens is 2. The monoisotopic (exact) mass is 383 g/mol. The fourth-order valence-electron chi connectivity index (χ4n) is 3.07. The van der Waals surface area contributed by atoms with Crippen molar-refractivity contribution < 1.29 is 15.6 Å². The smallest absolute Gasteiger partial charge is 0.330 e. The number of amides is 1. The van der Waals surface area contributed by atoms with Crippen LogP contribution >= 0.6 is 0 Å². The Hall–Kier alpha value is -1.97. The van der Waals surface area contributed by atoms with Gasteiger partial charge < -0.3 is 19.7 Å². The zero-order chi connectivity index (χ0) is 21.0. The van der Waals surface area contributed by atoms with E-state index in [1.165, 1.54) is 10.8 Å². The summed E-state index contributed by atoms with van der Waals surface area (Å²) in [7, 11) is 3.83. The Morgan fingerprint density at radius 2 is 2.19 bits per heavy atom. The topological polar surface area (TPSA) is 106 Å². The number of carbonyl (C=O) groups is 1. The molecule has 0 aromatic carbocycles. The van der Waals surface area contributed by atoms with Gasteiger partial charge in [-0.3, -0.25) is 19.1 Å². The van der Waals surface area contributed by atoms with Crippen LogP contribution in [-0.2, 0) is 14.3 Å². The first kappa shape index (κ1) is 19.8. The van der Waals surface area contributed by atoms with Gasteiger partial charge in [0.25, 0.3) is 5.56 Å². The number of ether oxygens (including phenoxy) is 2. The predicted octanol–water partition coefficient (Wildman–Crippen LogP) is -0.148. The van der Waals surface area contributed by atoms with Crippen molar-refractivity contribution in [2.45, 2.75) is 45.6 Å². The van der Waals surface area contributed by atoms with E-state index < -0.39 is 36.1 Å². The molecule has 27 heavy (non-hydrogen) atoms. The van der Waals surface area contributed by atoms with Crippen molar-refractivity contribution in [3.63, 3.8) is 0 Å². The number of aryl methyl sites for hydroxylation is 1. The first-order valence-corrected chi connectivity index (χ1v) is 9.04. The highest BCUT2D eigenvalue weighted by molar-refractivity contribution is 5.77. The van der Waals surface area contributed by atoms with E-state index in [1.807, 2.05) is 25.9 Å². The molecule has 2 heterocycles. The van der Waals surface area contributed by atoms with Gasteiger partial charge in [-0.05, 0) is 27.4 Å². The van der Waals surface area contributed by atoms with Crippen LogP contribution in [0.3, 0.4) is 0 Å². The molecule has 1 amide bonds. The molecule has 9 heteroatoms. The lowest BCUT2D eigenvalue weighted by molar-refractivity contribution is -0.131. The standard InChI is InChI=1S/C18H30N4O5/c1-6-13-12(3)15(26-10-14(23)19-7-8-21(4)5)17(27-13)22-9-11(2)16(24)20-18(22)25/h9,12-13,15,17H,6-8,10H2,1-5H3,(H,19,23)(H,20,24,25)/t12-,13-,15-,17-/m1/s1/i6D/t6-,12+,13+,15+,17+/m0. The van der Waals surface area contributed by atoms with Crippen LogP contribution in [0.15, 0.2) is 15.8 Å². The number of likely N-dealkylation sites (N-methyl/N-ethyl adjacent to an activating group) is 1. The number of hydrogen-bond donors (Lipinski definition) is 2. The van der Waals surface area contributed by atoms with Gasteiger partial charge in [0.15, 0.2) is 6.23 Å². The molecule has 0 aliphatic carbocycles. The maximum Gasteiger partial charge on any atom is 0.330 e. The number of nitrogens with one attached hydrogen (secondary N) is 2. The first-order valence-electron chi connectivity index (χ1n) is 9.62. The second-order valence-corrected chi connectivity index (χ2v) is 7.09. The average molecular weight is 383 g/mol. The molecule has 5 atom stereocenters. The Bertz CT molecular complexity index is 791. The van der Waals surface area contributed by atoms with Crippen molar-refractivity contribution >= 4 is 5.91 Å². The fraction of sp³-hybridized carbons (Fsp3) is 0.722. The first-order chi connectivity index (χ1) is 13.1. The van der Waals surface area contributed by atoms with Crippen LogP contribution in [0.2, 0.25) is 0 Å². The Balaban J connectivity index is 2.16. The predicted molar refractivity (Wildman–Crippen MR) is 101 cm³/mol. The molecule has 1 aliphatic rings. The summed E-state index contributed by atoms with van der Waals surface area (Å²) >= 11 is 0. The van der Waals surface area contributed by atoms with E-state index in [0.717, 1.165) is 0 Å². The summed E-state index contributed by atoms with van der Waals surface area (Å²) in [6.45, 7) is 6.19. The largest absolute Gasteiger partial charge is 0.363 e. The number of H-pyrrole nitrogens is 1. The highest BCUT2D eigenvalue weighted by Gasteiger charge is 2.43. The Kier molecular flexibility index (Phi) is 6.81. The van der Waals surface area contributed by atoms with Crippen LogP contribution in [0, 0.1) is 12.8 Å². The summed E-state index contributed by atoms with van der Waals surface area (Å²) in [6, 6.07) is 0. The fourth-order valence-corrected chi connectivity index (χ4v) is 3.07. The lowest BCUT2D eigenvalue weighted by Gasteiger charge is -2.23. The number of hydrogen-bond acceptors (Lipinski definition) is 6. The van der Waals surface area contributed by atoms with Gasteiger partial charge in [-0.25, -0.2) is 4.79 Å². The van der Waals surface area contributed by atoms with Gasteiger partial charge in [0, 0.05) is 32.1 Å². The van der Waals surface area contributed by atoms with Gasteiger partial charge in [-0.2, -0.15) is 0 Å². The molecule has 9 nitrogen and oxygen atoms in total. The molecule has 0 radical (unpaired) electrons. The van der Waals surface area contributed by atoms with E-state index in [4.69, 9.17) is 10.8 Å². The summed E-state index contributed by atoms with van der Waals surface area (Å²) in [5.74, 6) is -0.480. The molecule has 0 spiro atoms. The van der Waals surface area contributed by atoms with Crippen LogP contribution in [0.25, 0.3) is 0 Å². The summed E-state index contributed by atoms with van der Waals surface area (Å²) in [4.78, 5) is 40.2. The minimum Gasteiger partial charge on any atom is -0.363 e. The van der Waals surface area contributed by atoms with Crippen molar-refractivity contribution in [1.29, 1.82) is 0 Å². The number of rotatable bonds is 8. The third kappa shape index (κ3) is 5.27.